The first kappa shape index (κ1) is 8.50. The van der Waals surface area contributed by atoms with E-state index in [0.717, 1.165) is 5.69 Å². The molecule has 0 saturated carbocycles. The largest absolute Gasteiger partial charge is 0.351 e. The van der Waals surface area contributed by atoms with Crippen LogP contribution < -0.4 is 10.6 Å². The predicted octanol–water partition coefficient (Wildman–Crippen LogP) is 1.80. The van der Waals surface area contributed by atoms with Gasteiger partial charge in [-0.1, -0.05) is 12.1 Å². The van der Waals surface area contributed by atoms with Crippen molar-refractivity contribution in [3.8, 4) is 0 Å². The summed E-state index contributed by atoms with van der Waals surface area (Å²) in [5.41, 5.74) is 6.66. The standard InChI is InChI=1S/C10H9N3O/c11-10(14)13-7-3-6-12-8-4-1-2-5-9(8)13/h1-7H,(H2,11,14). The Labute approximate surface area is 81.4 Å². The van der Waals surface area contributed by atoms with E-state index in [2.05, 4.69) is 4.99 Å². The molecule has 0 unspecified atom stereocenters. The lowest BCUT2D eigenvalue weighted by atomic mass is 10.2. The van der Waals surface area contributed by atoms with Crippen molar-refractivity contribution in [3.05, 3.63) is 36.5 Å². The molecule has 70 valence electrons. The van der Waals surface area contributed by atoms with Crippen molar-refractivity contribution in [1.29, 1.82) is 0 Å². The summed E-state index contributed by atoms with van der Waals surface area (Å²) in [5.74, 6) is 0. The van der Waals surface area contributed by atoms with Crippen molar-refractivity contribution in [1.82, 2.24) is 0 Å². The normalized spacial score (nSPS) is 13.6. The van der Waals surface area contributed by atoms with E-state index in [9.17, 15) is 4.79 Å². The smallest absolute Gasteiger partial charge is 0.323 e. The lowest BCUT2D eigenvalue weighted by molar-refractivity contribution is 0.256. The number of allylic oxidation sites excluding steroid dienone is 1. The predicted molar refractivity (Wildman–Crippen MR) is 55.8 cm³/mol. The van der Waals surface area contributed by atoms with Crippen molar-refractivity contribution < 1.29 is 4.79 Å². The summed E-state index contributed by atoms with van der Waals surface area (Å²) in [5, 5.41) is 0. The summed E-state index contributed by atoms with van der Waals surface area (Å²) < 4.78 is 0. The first-order valence-electron chi connectivity index (χ1n) is 4.17. The van der Waals surface area contributed by atoms with Crippen molar-refractivity contribution in [2.75, 3.05) is 4.90 Å². The monoisotopic (exact) mass is 187 g/mol. The molecule has 1 aliphatic rings. The summed E-state index contributed by atoms with van der Waals surface area (Å²) in [6, 6.07) is 6.81. The van der Waals surface area contributed by atoms with Crippen molar-refractivity contribution in [2.45, 2.75) is 0 Å². The van der Waals surface area contributed by atoms with E-state index < -0.39 is 6.03 Å². The Balaban J connectivity index is 2.55. The summed E-state index contributed by atoms with van der Waals surface area (Å²) in [6.07, 6.45) is 4.89. The van der Waals surface area contributed by atoms with Gasteiger partial charge in [0.25, 0.3) is 0 Å². The Bertz CT molecular complexity index is 423. The quantitative estimate of drug-likeness (QED) is 0.661. The van der Waals surface area contributed by atoms with E-state index in [1.54, 1.807) is 24.6 Å². The SMILES string of the molecule is NC(=O)N1C=CC=Nc2ccccc21. The second-order valence-electron chi connectivity index (χ2n) is 2.82. The molecule has 0 saturated heterocycles. The van der Waals surface area contributed by atoms with Crippen LogP contribution in [0, 0.1) is 0 Å². The third-order valence-electron chi connectivity index (χ3n) is 1.91. The Hall–Kier alpha value is -2.10. The molecule has 2 N–H and O–H groups in total. The Kier molecular flexibility index (Phi) is 2.02. The number of rotatable bonds is 0. The zero-order chi connectivity index (χ0) is 9.97. The number of para-hydroxylation sites is 2. The van der Waals surface area contributed by atoms with E-state index in [1.165, 1.54) is 4.90 Å². The van der Waals surface area contributed by atoms with Crippen molar-refractivity contribution in [3.63, 3.8) is 0 Å². The number of anilines is 1. The van der Waals surface area contributed by atoms with Crippen molar-refractivity contribution in [2.24, 2.45) is 10.7 Å². The van der Waals surface area contributed by atoms with Gasteiger partial charge in [-0.25, -0.2) is 4.79 Å². The molecule has 2 rings (SSSR count). The van der Waals surface area contributed by atoms with Gasteiger partial charge >= 0.3 is 6.03 Å². The molecule has 1 aromatic rings. The highest BCUT2D eigenvalue weighted by Gasteiger charge is 2.13. The fourth-order valence-corrected chi connectivity index (χ4v) is 1.30. The number of amides is 2. The fourth-order valence-electron chi connectivity index (χ4n) is 1.30. The maximum atomic E-state index is 11.1. The topological polar surface area (TPSA) is 58.7 Å². The zero-order valence-electron chi connectivity index (χ0n) is 7.42. The molecule has 1 aliphatic heterocycles. The number of hydrogen-bond donors (Lipinski definition) is 1. The molecular weight excluding hydrogens is 178 g/mol. The number of fused-ring (bicyclic) bond motifs is 1. The van der Waals surface area contributed by atoms with E-state index >= 15 is 0 Å². The van der Waals surface area contributed by atoms with E-state index in [0.29, 0.717) is 5.69 Å². The minimum atomic E-state index is -0.515. The van der Waals surface area contributed by atoms with Crippen LogP contribution in [0.15, 0.2) is 41.5 Å². The number of aliphatic imine (C=N–C) groups is 1. The van der Waals surface area contributed by atoms with Crippen LogP contribution in [0.4, 0.5) is 16.2 Å². The van der Waals surface area contributed by atoms with Crippen LogP contribution in [-0.2, 0) is 0 Å². The average molecular weight is 187 g/mol. The van der Waals surface area contributed by atoms with Crippen molar-refractivity contribution >= 4 is 23.6 Å². The number of benzene rings is 1. The first-order chi connectivity index (χ1) is 6.79. The van der Waals surface area contributed by atoms with Gasteiger partial charge in [0.2, 0.25) is 0 Å². The summed E-state index contributed by atoms with van der Waals surface area (Å²) >= 11 is 0. The second-order valence-corrected chi connectivity index (χ2v) is 2.82. The molecule has 0 atom stereocenters. The van der Waals surface area contributed by atoms with E-state index in [1.807, 2.05) is 18.2 Å². The highest BCUT2D eigenvalue weighted by atomic mass is 16.2. The number of hydrogen-bond acceptors (Lipinski definition) is 2. The molecule has 4 heteroatoms. The third-order valence-corrected chi connectivity index (χ3v) is 1.91. The van der Waals surface area contributed by atoms with E-state index in [-0.39, 0.29) is 0 Å². The average Bonchev–Trinajstić information content (AvgIpc) is 2.39. The summed E-state index contributed by atoms with van der Waals surface area (Å²) in [7, 11) is 0. The van der Waals surface area contributed by atoms with Gasteiger partial charge in [0.05, 0.1) is 11.4 Å². The van der Waals surface area contributed by atoms with Gasteiger partial charge in [-0.3, -0.25) is 9.89 Å². The molecule has 0 bridgehead atoms. The molecule has 1 aromatic carbocycles. The fraction of sp³-hybridized carbons (Fsp3) is 0. The lowest BCUT2D eigenvalue weighted by Crippen LogP contribution is -2.30. The van der Waals surface area contributed by atoms with Crippen LogP contribution in [-0.4, -0.2) is 12.2 Å². The van der Waals surface area contributed by atoms with E-state index in [4.69, 9.17) is 5.73 Å². The molecular formula is C10H9N3O. The maximum absolute atomic E-state index is 11.1. The number of carbonyl (C=O) groups is 1. The third kappa shape index (κ3) is 1.37. The number of primary amides is 1. The molecule has 1 heterocycles. The lowest BCUT2D eigenvalue weighted by Gasteiger charge is -2.15. The van der Waals surface area contributed by atoms with Crippen LogP contribution in [0.25, 0.3) is 0 Å². The molecule has 0 aliphatic carbocycles. The number of nitrogens with two attached hydrogens (primary N) is 1. The summed E-state index contributed by atoms with van der Waals surface area (Å²) in [4.78, 5) is 16.6. The maximum Gasteiger partial charge on any atom is 0.323 e. The molecule has 14 heavy (non-hydrogen) atoms. The highest BCUT2D eigenvalue weighted by molar-refractivity contribution is 5.98. The summed E-state index contributed by atoms with van der Waals surface area (Å²) in [6.45, 7) is 0. The van der Waals surface area contributed by atoms with Gasteiger partial charge in [-0.05, 0) is 18.2 Å². The van der Waals surface area contributed by atoms with Crippen LogP contribution >= 0.6 is 0 Å². The molecule has 0 radical (unpaired) electrons. The minimum Gasteiger partial charge on any atom is -0.351 e. The van der Waals surface area contributed by atoms with Gasteiger partial charge < -0.3 is 5.73 Å². The van der Waals surface area contributed by atoms with Gasteiger partial charge in [0.15, 0.2) is 0 Å². The Morgan fingerprint density at radius 3 is 2.93 bits per heavy atom. The highest BCUT2D eigenvalue weighted by Crippen LogP contribution is 2.29. The Morgan fingerprint density at radius 2 is 2.14 bits per heavy atom. The van der Waals surface area contributed by atoms with Gasteiger partial charge in [0, 0.05) is 12.4 Å². The second kappa shape index (κ2) is 3.33. The molecule has 0 fully saturated rings. The molecule has 2 amide bonds. The zero-order valence-corrected chi connectivity index (χ0v) is 7.42. The van der Waals surface area contributed by atoms with Crippen LogP contribution in [0.1, 0.15) is 0 Å². The van der Waals surface area contributed by atoms with Crippen LogP contribution in [0.5, 0.6) is 0 Å². The number of nitrogens with zero attached hydrogens (tertiary/aromatic N) is 2. The number of urea groups is 1. The van der Waals surface area contributed by atoms with Gasteiger partial charge in [-0.15, -0.1) is 0 Å². The van der Waals surface area contributed by atoms with Gasteiger partial charge in [-0.2, -0.15) is 0 Å². The Morgan fingerprint density at radius 1 is 1.36 bits per heavy atom. The van der Waals surface area contributed by atoms with Crippen LogP contribution in [0.2, 0.25) is 0 Å². The number of carbonyl (C=O) groups excluding carboxylic acids is 1. The molecule has 0 spiro atoms. The minimum absolute atomic E-state index is 0.515. The first-order valence-corrected chi connectivity index (χ1v) is 4.17. The molecule has 4 nitrogen and oxygen atoms in total. The van der Waals surface area contributed by atoms with Gasteiger partial charge in [0.1, 0.15) is 0 Å². The molecule has 0 aromatic heterocycles. The van der Waals surface area contributed by atoms with Crippen LogP contribution in [0.3, 0.4) is 0 Å².